The zero-order chi connectivity index (χ0) is 18.3. The molecular formula is C18H13ClN4O2S. The molecular weight excluding hydrogens is 372 g/mol. The summed E-state index contributed by atoms with van der Waals surface area (Å²) in [6, 6.07) is 16.8. The molecule has 0 unspecified atom stereocenters. The van der Waals surface area contributed by atoms with Gasteiger partial charge in [-0.15, -0.1) is 0 Å². The summed E-state index contributed by atoms with van der Waals surface area (Å²) >= 11 is 5.97. The Morgan fingerprint density at radius 1 is 1.00 bits per heavy atom. The van der Waals surface area contributed by atoms with Crippen molar-refractivity contribution in [2.75, 3.05) is 6.26 Å². The molecule has 0 atom stereocenters. The van der Waals surface area contributed by atoms with E-state index >= 15 is 0 Å². The zero-order valence-corrected chi connectivity index (χ0v) is 15.2. The standard InChI is InChI=1S/C18H13ClN4O2S/c1-26(24,25)18-21-17(22-23-18)14-10-16(11-6-8-12(19)9-7-11)20-15-5-3-2-4-13(14)15/h2-10H,1H3,(H,21,22,23). The van der Waals surface area contributed by atoms with E-state index in [9.17, 15) is 8.42 Å². The number of aromatic amines is 1. The highest BCUT2D eigenvalue weighted by Gasteiger charge is 2.17. The third-order valence-corrected chi connectivity index (χ3v) is 5.05. The molecule has 0 aliphatic heterocycles. The largest absolute Gasteiger partial charge is 0.249 e. The highest BCUT2D eigenvalue weighted by Crippen LogP contribution is 2.31. The van der Waals surface area contributed by atoms with Crippen molar-refractivity contribution in [1.29, 1.82) is 0 Å². The number of hydrogen-bond acceptors (Lipinski definition) is 5. The average Bonchev–Trinajstić information content (AvgIpc) is 3.12. The number of H-pyrrole nitrogens is 1. The summed E-state index contributed by atoms with van der Waals surface area (Å²) in [5, 5.41) is 7.89. The van der Waals surface area contributed by atoms with Crippen molar-refractivity contribution >= 4 is 32.3 Å². The minimum atomic E-state index is -3.47. The Morgan fingerprint density at radius 3 is 2.42 bits per heavy atom. The van der Waals surface area contributed by atoms with Crippen LogP contribution >= 0.6 is 11.6 Å². The summed E-state index contributed by atoms with van der Waals surface area (Å²) in [7, 11) is -3.47. The van der Waals surface area contributed by atoms with Crippen molar-refractivity contribution in [1.82, 2.24) is 20.2 Å². The van der Waals surface area contributed by atoms with Crippen molar-refractivity contribution in [2.24, 2.45) is 0 Å². The molecule has 6 nitrogen and oxygen atoms in total. The van der Waals surface area contributed by atoms with Crippen molar-refractivity contribution < 1.29 is 8.42 Å². The molecule has 26 heavy (non-hydrogen) atoms. The number of para-hydroxylation sites is 1. The van der Waals surface area contributed by atoms with E-state index in [0.29, 0.717) is 16.4 Å². The van der Waals surface area contributed by atoms with Crippen molar-refractivity contribution in [3.8, 4) is 22.6 Å². The Kier molecular flexibility index (Phi) is 3.97. The lowest BCUT2D eigenvalue weighted by molar-refractivity contribution is 0.594. The first-order valence-corrected chi connectivity index (χ1v) is 9.97. The highest BCUT2D eigenvalue weighted by atomic mass is 35.5. The maximum atomic E-state index is 11.7. The molecule has 2 heterocycles. The maximum absolute atomic E-state index is 11.7. The molecule has 0 radical (unpaired) electrons. The Balaban J connectivity index is 1.95. The van der Waals surface area contributed by atoms with Crippen LogP contribution in [0.25, 0.3) is 33.5 Å². The number of nitrogens with zero attached hydrogens (tertiary/aromatic N) is 3. The molecule has 130 valence electrons. The number of pyridine rings is 1. The molecule has 4 aromatic rings. The van der Waals surface area contributed by atoms with Gasteiger partial charge >= 0.3 is 0 Å². The van der Waals surface area contributed by atoms with E-state index in [1.165, 1.54) is 0 Å². The van der Waals surface area contributed by atoms with Crippen LogP contribution < -0.4 is 0 Å². The molecule has 0 saturated carbocycles. The van der Waals surface area contributed by atoms with Crippen LogP contribution in [0.2, 0.25) is 5.02 Å². The van der Waals surface area contributed by atoms with Gasteiger partial charge < -0.3 is 0 Å². The van der Waals surface area contributed by atoms with Gasteiger partial charge in [0.05, 0.1) is 11.2 Å². The second-order valence-corrected chi connectivity index (χ2v) is 8.18. The first kappa shape index (κ1) is 16.7. The van der Waals surface area contributed by atoms with Crippen LogP contribution in [0.1, 0.15) is 0 Å². The van der Waals surface area contributed by atoms with Crippen LogP contribution in [0, 0.1) is 0 Å². The van der Waals surface area contributed by atoms with Crippen LogP contribution in [0.3, 0.4) is 0 Å². The van der Waals surface area contributed by atoms with Crippen LogP contribution in [0.5, 0.6) is 0 Å². The normalized spacial score (nSPS) is 11.8. The number of benzene rings is 2. The first-order valence-electron chi connectivity index (χ1n) is 7.70. The van der Waals surface area contributed by atoms with Gasteiger partial charge in [0.2, 0.25) is 15.0 Å². The Hall–Kier alpha value is -2.77. The lowest BCUT2D eigenvalue weighted by Gasteiger charge is -2.08. The predicted octanol–water partition coefficient (Wildman–Crippen LogP) is 3.74. The summed E-state index contributed by atoms with van der Waals surface area (Å²) < 4.78 is 23.4. The van der Waals surface area contributed by atoms with Crippen molar-refractivity contribution in [3.05, 3.63) is 59.6 Å². The van der Waals surface area contributed by atoms with E-state index in [1.54, 1.807) is 12.1 Å². The number of sulfone groups is 1. The third kappa shape index (κ3) is 3.07. The third-order valence-electron chi connectivity index (χ3n) is 3.91. The number of halogens is 1. The summed E-state index contributed by atoms with van der Waals surface area (Å²) in [4.78, 5) is 8.84. The molecule has 1 N–H and O–H groups in total. The molecule has 0 aliphatic carbocycles. The van der Waals surface area contributed by atoms with Gasteiger partial charge in [-0.2, -0.15) is 10.1 Å². The number of aromatic nitrogens is 4. The molecule has 4 rings (SSSR count). The predicted molar refractivity (Wildman–Crippen MR) is 101 cm³/mol. The molecule has 0 aliphatic rings. The Morgan fingerprint density at radius 2 is 1.73 bits per heavy atom. The fourth-order valence-corrected chi connectivity index (χ4v) is 3.25. The smallest absolute Gasteiger partial charge is 0.243 e. The lowest BCUT2D eigenvalue weighted by atomic mass is 10.0. The van der Waals surface area contributed by atoms with Gasteiger partial charge in [0, 0.05) is 27.8 Å². The van der Waals surface area contributed by atoms with Crippen LogP contribution in [0.15, 0.2) is 59.8 Å². The van der Waals surface area contributed by atoms with Gasteiger partial charge in [0.1, 0.15) is 0 Å². The second kappa shape index (κ2) is 6.19. The van der Waals surface area contributed by atoms with E-state index in [1.807, 2.05) is 42.5 Å². The molecule has 0 spiro atoms. The lowest BCUT2D eigenvalue weighted by Crippen LogP contribution is -1.99. The fraction of sp³-hybridized carbons (Fsp3) is 0.0556. The van der Waals surface area contributed by atoms with Crippen LogP contribution in [0.4, 0.5) is 0 Å². The van der Waals surface area contributed by atoms with Gasteiger partial charge in [-0.3, -0.25) is 0 Å². The quantitative estimate of drug-likeness (QED) is 0.581. The molecule has 0 saturated heterocycles. The number of hydrogen-bond donors (Lipinski definition) is 1. The highest BCUT2D eigenvalue weighted by molar-refractivity contribution is 7.90. The van der Waals surface area contributed by atoms with E-state index < -0.39 is 9.84 Å². The maximum Gasteiger partial charge on any atom is 0.243 e. The second-order valence-electron chi connectivity index (χ2n) is 5.82. The monoisotopic (exact) mass is 384 g/mol. The summed E-state index contributed by atoms with van der Waals surface area (Å²) in [6.07, 6.45) is 1.08. The van der Waals surface area contributed by atoms with Gasteiger partial charge in [0.15, 0.2) is 5.82 Å². The minimum Gasteiger partial charge on any atom is -0.249 e. The van der Waals surface area contributed by atoms with Gasteiger partial charge in [-0.05, 0) is 24.3 Å². The summed E-state index contributed by atoms with van der Waals surface area (Å²) in [5.74, 6) is 0.305. The number of rotatable bonds is 3. The molecule has 8 heteroatoms. The molecule has 0 amide bonds. The minimum absolute atomic E-state index is 0.165. The molecule has 2 aromatic carbocycles. The van der Waals surface area contributed by atoms with Crippen LogP contribution in [-0.2, 0) is 9.84 Å². The average molecular weight is 385 g/mol. The van der Waals surface area contributed by atoms with E-state index in [0.717, 1.165) is 28.4 Å². The van der Waals surface area contributed by atoms with E-state index in [2.05, 4.69) is 20.2 Å². The number of fused-ring (bicyclic) bond motifs is 1. The molecule has 0 bridgehead atoms. The van der Waals surface area contributed by atoms with Crippen LogP contribution in [-0.4, -0.2) is 34.8 Å². The molecule has 2 aromatic heterocycles. The topological polar surface area (TPSA) is 88.6 Å². The van der Waals surface area contributed by atoms with Gasteiger partial charge in [0.25, 0.3) is 0 Å². The summed E-state index contributed by atoms with van der Waals surface area (Å²) in [6.45, 7) is 0. The SMILES string of the molecule is CS(=O)(=O)c1nc(-c2cc(-c3ccc(Cl)cc3)nc3ccccc23)n[nH]1. The van der Waals surface area contributed by atoms with Gasteiger partial charge in [-0.25, -0.2) is 18.5 Å². The number of nitrogens with one attached hydrogen (secondary N) is 1. The van der Waals surface area contributed by atoms with Crippen molar-refractivity contribution in [2.45, 2.75) is 5.16 Å². The van der Waals surface area contributed by atoms with E-state index in [-0.39, 0.29) is 5.16 Å². The Bertz CT molecular complexity index is 1220. The Labute approximate surface area is 154 Å². The molecule has 0 fully saturated rings. The van der Waals surface area contributed by atoms with E-state index in [4.69, 9.17) is 11.6 Å². The first-order chi connectivity index (χ1) is 12.4. The fourth-order valence-electron chi connectivity index (χ4n) is 2.66. The van der Waals surface area contributed by atoms with Gasteiger partial charge in [-0.1, -0.05) is 41.9 Å². The summed E-state index contributed by atoms with van der Waals surface area (Å²) in [5.41, 5.74) is 3.08. The zero-order valence-electron chi connectivity index (χ0n) is 13.6. The van der Waals surface area contributed by atoms with Crippen molar-refractivity contribution in [3.63, 3.8) is 0 Å².